The molecule has 0 radical (unpaired) electrons. The maximum atomic E-state index is 12.0. The Hall–Kier alpha value is -2.86. The Balaban J connectivity index is 1.40. The Morgan fingerprint density at radius 2 is 1.72 bits per heavy atom. The van der Waals surface area contributed by atoms with E-state index in [-0.39, 0.29) is 18.6 Å². The lowest BCUT2D eigenvalue weighted by Crippen LogP contribution is -2.39. The Labute approximate surface area is 171 Å². The van der Waals surface area contributed by atoms with Gasteiger partial charge in [-0.15, -0.1) is 0 Å². The Bertz CT molecular complexity index is 784. The van der Waals surface area contributed by atoms with Gasteiger partial charge in [0.2, 0.25) is 0 Å². The van der Waals surface area contributed by atoms with Gasteiger partial charge in [-0.1, -0.05) is 30.3 Å². The number of hydrogen-bond acceptors (Lipinski definition) is 5. The van der Waals surface area contributed by atoms with E-state index in [4.69, 9.17) is 4.74 Å². The summed E-state index contributed by atoms with van der Waals surface area (Å²) in [5, 5.41) is 2.52. The Morgan fingerprint density at radius 3 is 2.38 bits per heavy atom. The molecule has 29 heavy (non-hydrogen) atoms. The fourth-order valence-corrected chi connectivity index (χ4v) is 3.39. The van der Waals surface area contributed by atoms with Gasteiger partial charge in [-0.25, -0.2) is 0 Å². The Morgan fingerprint density at radius 1 is 1.03 bits per heavy atom. The summed E-state index contributed by atoms with van der Waals surface area (Å²) in [6, 6.07) is 17.6. The number of piperidine rings is 1. The number of carbonyl (C=O) groups is 2. The molecule has 3 rings (SSSR count). The zero-order valence-electron chi connectivity index (χ0n) is 16.8. The molecule has 1 aliphatic rings. The Kier molecular flexibility index (Phi) is 7.64. The fraction of sp³-hybridized carbons (Fsp3) is 0.391. The first-order valence-electron chi connectivity index (χ1n) is 10.0. The summed E-state index contributed by atoms with van der Waals surface area (Å²) >= 11 is 0. The molecule has 2 aromatic rings. The second-order valence-corrected chi connectivity index (χ2v) is 7.18. The van der Waals surface area contributed by atoms with E-state index >= 15 is 0 Å². The molecule has 0 saturated carbocycles. The van der Waals surface area contributed by atoms with Gasteiger partial charge in [-0.05, 0) is 49.1 Å². The standard InChI is InChI=1S/C23H28N2O4/c1-28-22(26)17-24-23(27)19-7-9-20(10-8-19)29-21-12-15-25(16-13-21)14-11-18-5-3-2-4-6-18/h2-10,21H,11-17H2,1H3,(H,24,27). The van der Waals surface area contributed by atoms with E-state index in [1.165, 1.54) is 12.7 Å². The summed E-state index contributed by atoms with van der Waals surface area (Å²) in [5.41, 5.74) is 1.86. The lowest BCUT2D eigenvalue weighted by molar-refractivity contribution is -0.139. The number of esters is 1. The molecular weight excluding hydrogens is 368 g/mol. The average Bonchev–Trinajstić information content (AvgIpc) is 2.78. The number of benzene rings is 2. The summed E-state index contributed by atoms with van der Waals surface area (Å²) in [6.07, 6.45) is 3.26. The summed E-state index contributed by atoms with van der Waals surface area (Å²) in [7, 11) is 1.29. The number of likely N-dealkylation sites (tertiary alicyclic amines) is 1. The molecule has 0 unspecified atom stereocenters. The molecule has 0 spiro atoms. The van der Waals surface area contributed by atoms with Crippen molar-refractivity contribution in [3.05, 3.63) is 65.7 Å². The van der Waals surface area contributed by atoms with Crippen LogP contribution in [0.1, 0.15) is 28.8 Å². The highest BCUT2D eigenvalue weighted by Crippen LogP contribution is 2.20. The van der Waals surface area contributed by atoms with Gasteiger partial charge in [0, 0.05) is 25.2 Å². The minimum Gasteiger partial charge on any atom is -0.490 e. The maximum absolute atomic E-state index is 12.0. The molecule has 1 N–H and O–H groups in total. The van der Waals surface area contributed by atoms with E-state index in [1.54, 1.807) is 24.3 Å². The summed E-state index contributed by atoms with van der Waals surface area (Å²) < 4.78 is 10.6. The quantitative estimate of drug-likeness (QED) is 0.695. The number of ether oxygens (including phenoxy) is 2. The van der Waals surface area contributed by atoms with Crippen molar-refractivity contribution < 1.29 is 19.1 Å². The molecule has 2 aromatic carbocycles. The first-order valence-corrected chi connectivity index (χ1v) is 10.0. The number of carbonyl (C=O) groups excluding carboxylic acids is 2. The number of nitrogens with one attached hydrogen (secondary N) is 1. The van der Waals surface area contributed by atoms with Crippen LogP contribution in [0.25, 0.3) is 0 Å². The van der Waals surface area contributed by atoms with Gasteiger partial charge in [-0.3, -0.25) is 9.59 Å². The molecular formula is C23H28N2O4. The number of rotatable bonds is 8. The summed E-state index contributed by atoms with van der Waals surface area (Å²) in [4.78, 5) is 25.6. The molecule has 0 bridgehead atoms. The molecule has 1 heterocycles. The van der Waals surface area contributed by atoms with Crippen LogP contribution in [0.5, 0.6) is 5.75 Å². The van der Waals surface area contributed by atoms with Crippen LogP contribution in [0.3, 0.4) is 0 Å². The van der Waals surface area contributed by atoms with Gasteiger partial charge in [0.1, 0.15) is 18.4 Å². The third-order valence-electron chi connectivity index (χ3n) is 5.13. The van der Waals surface area contributed by atoms with Gasteiger partial charge in [-0.2, -0.15) is 0 Å². The van der Waals surface area contributed by atoms with Crippen molar-refractivity contribution in [2.75, 3.05) is 33.3 Å². The molecule has 1 fully saturated rings. The van der Waals surface area contributed by atoms with Crippen LogP contribution < -0.4 is 10.1 Å². The van der Waals surface area contributed by atoms with Gasteiger partial charge >= 0.3 is 5.97 Å². The predicted molar refractivity (Wildman–Crippen MR) is 111 cm³/mol. The SMILES string of the molecule is COC(=O)CNC(=O)c1ccc(OC2CCN(CCc3ccccc3)CC2)cc1. The van der Waals surface area contributed by atoms with Crippen molar-refractivity contribution in [1.29, 1.82) is 0 Å². The lowest BCUT2D eigenvalue weighted by Gasteiger charge is -2.32. The highest BCUT2D eigenvalue weighted by atomic mass is 16.5. The smallest absolute Gasteiger partial charge is 0.325 e. The second-order valence-electron chi connectivity index (χ2n) is 7.18. The zero-order chi connectivity index (χ0) is 20.5. The number of methoxy groups -OCH3 is 1. The summed E-state index contributed by atoms with van der Waals surface area (Å²) in [6.45, 7) is 3.00. The van der Waals surface area contributed by atoms with Crippen LogP contribution in [0.4, 0.5) is 0 Å². The number of hydrogen-bond donors (Lipinski definition) is 1. The van der Waals surface area contributed by atoms with Crippen LogP contribution in [0.15, 0.2) is 54.6 Å². The molecule has 6 nitrogen and oxygen atoms in total. The minimum absolute atomic E-state index is 0.142. The molecule has 0 aliphatic carbocycles. The van der Waals surface area contributed by atoms with Crippen LogP contribution in [0, 0.1) is 0 Å². The third-order valence-corrected chi connectivity index (χ3v) is 5.13. The lowest BCUT2D eigenvalue weighted by atomic mass is 10.1. The monoisotopic (exact) mass is 396 g/mol. The largest absolute Gasteiger partial charge is 0.490 e. The predicted octanol–water partition coefficient (Wildman–Crippen LogP) is 2.68. The highest BCUT2D eigenvalue weighted by Gasteiger charge is 2.20. The van der Waals surface area contributed by atoms with E-state index in [9.17, 15) is 9.59 Å². The minimum atomic E-state index is -0.478. The van der Waals surface area contributed by atoms with Crippen LogP contribution in [-0.4, -0.2) is 56.2 Å². The van der Waals surface area contributed by atoms with Gasteiger partial charge in [0.15, 0.2) is 0 Å². The fourth-order valence-electron chi connectivity index (χ4n) is 3.39. The first-order chi connectivity index (χ1) is 14.1. The molecule has 0 aromatic heterocycles. The van der Waals surface area contributed by atoms with Gasteiger partial charge in [0.25, 0.3) is 5.91 Å². The van der Waals surface area contributed by atoms with Gasteiger partial charge in [0.05, 0.1) is 7.11 Å². The van der Waals surface area contributed by atoms with Crippen molar-refractivity contribution in [2.24, 2.45) is 0 Å². The van der Waals surface area contributed by atoms with E-state index in [2.05, 4.69) is 39.2 Å². The van der Waals surface area contributed by atoms with Crippen molar-refractivity contribution >= 4 is 11.9 Å². The van der Waals surface area contributed by atoms with Crippen molar-refractivity contribution in [2.45, 2.75) is 25.4 Å². The molecule has 154 valence electrons. The van der Waals surface area contributed by atoms with Gasteiger partial charge < -0.3 is 19.7 Å². The number of nitrogens with zero attached hydrogens (tertiary/aromatic N) is 1. The van der Waals surface area contributed by atoms with Crippen molar-refractivity contribution in [3.63, 3.8) is 0 Å². The van der Waals surface area contributed by atoms with E-state index in [1.807, 2.05) is 6.07 Å². The van der Waals surface area contributed by atoms with E-state index in [0.29, 0.717) is 5.56 Å². The van der Waals surface area contributed by atoms with Crippen LogP contribution >= 0.6 is 0 Å². The molecule has 6 heteroatoms. The molecule has 1 saturated heterocycles. The summed E-state index contributed by atoms with van der Waals surface area (Å²) in [5.74, 6) is -0.0284. The zero-order valence-corrected chi connectivity index (χ0v) is 16.8. The van der Waals surface area contributed by atoms with Crippen LogP contribution in [-0.2, 0) is 16.0 Å². The third kappa shape index (κ3) is 6.61. The topological polar surface area (TPSA) is 67.9 Å². The molecule has 0 atom stereocenters. The average molecular weight is 396 g/mol. The highest BCUT2D eigenvalue weighted by molar-refractivity contribution is 5.95. The normalized spacial score (nSPS) is 14.9. The number of amides is 1. The molecule has 1 amide bonds. The molecule has 1 aliphatic heterocycles. The van der Waals surface area contributed by atoms with Crippen LogP contribution in [0.2, 0.25) is 0 Å². The second kappa shape index (κ2) is 10.6. The van der Waals surface area contributed by atoms with Crippen molar-refractivity contribution in [1.82, 2.24) is 10.2 Å². The first kappa shape index (κ1) is 20.9. The van der Waals surface area contributed by atoms with Crippen molar-refractivity contribution in [3.8, 4) is 5.75 Å². The maximum Gasteiger partial charge on any atom is 0.325 e. The van der Waals surface area contributed by atoms with E-state index in [0.717, 1.165) is 44.6 Å². The van der Waals surface area contributed by atoms with E-state index < -0.39 is 5.97 Å².